The number of benzene rings is 1. The summed E-state index contributed by atoms with van der Waals surface area (Å²) in [6, 6.07) is 4.99. The Hall–Kier alpha value is -2.25. The van der Waals surface area contributed by atoms with E-state index < -0.39 is 17.5 Å². The number of amides is 1. The van der Waals surface area contributed by atoms with Crippen LogP contribution in [-0.4, -0.2) is 37.2 Å². The molecule has 0 spiro atoms. The summed E-state index contributed by atoms with van der Waals surface area (Å²) < 4.78 is 31.6. The number of carbonyl (C=O) groups excluding carboxylic acids is 1. The zero-order valence-electron chi connectivity index (χ0n) is 12.6. The van der Waals surface area contributed by atoms with Gasteiger partial charge in [-0.2, -0.15) is 0 Å². The van der Waals surface area contributed by atoms with Crippen molar-refractivity contribution in [1.29, 1.82) is 0 Å². The number of carbonyl (C=O) groups is 1. The first-order chi connectivity index (χ1) is 11.5. The molecule has 1 N–H and O–H groups in total. The van der Waals surface area contributed by atoms with E-state index in [1.54, 1.807) is 12.1 Å². The summed E-state index contributed by atoms with van der Waals surface area (Å²) >= 11 is 5.79. The lowest BCUT2D eigenvalue weighted by atomic mass is 10.2. The molecule has 1 aliphatic heterocycles. The minimum Gasteiger partial charge on any atom is -0.378 e. The van der Waals surface area contributed by atoms with E-state index in [-0.39, 0.29) is 10.6 Å². The topological polar surface area (TPSA) is 54.5 Å². The number of morpholine rings is 1. The van der Waals surface area contributed by atoms with Gasteiger partial charge in [0.05, 0.1) is 35.7 Å². The van der Waals surface area contributed by atoms with Gasteiger partial charge in [-0.1, -0.05) is 11.6 Å². The van der Waals surface area contributed by atoms with Crippen LogP contribution < -0.4 is 10.2 Å². The van der Waals surface area contributed by atoms with Crippen LogP contribution in [0.3, 0.4) is 0 Å². The van der Waals surface area contributed by atoms with Crippen molar-refractivity contribution in [3.63, 3.8) is 0 Å². The quantitative estimate of drug-likeness (QED) is 0.861. The number of nitrogens with zero attached hydrogens (tertiary/aromatic N) is 2. The van der Waals surface area contributed by atoms with E-state index in [2.05, 4.69) is 15.2 Å². The molecule has 0 saturated carbocycles. The summed E-state index contributed by atoms with van der Waals surface area (Å²) in [6.07, 6.45) is 1.50. The van der Waals surface area contributed by atoms with Gasteiger partial charge >= 0.3 is 0 Å². The van der Waals surface area contributed by atoms with Crippen molar-refractivity contribution in [2.24, 2.45) is 0 Å². The van der Waals surface area contributed by atoms with Crippen LogP contribution in [-0.2, 0) is 4.74 Å². The van der Waals surface area contributed by atoms with Crippen molar-refractivity contribution in [3.8, 4) is 0 Å². The zero-order valence-corrected chi connectivity index (χ0v) is 13.3. The maximum Gasteiger partial charge on any atom is 0.257 e. The van der Waals surface area contributed by atoms with Gasteiger partial charge in [-0.15, -0.1) is 0 Å². The van der Waals surface area contributed by atoms with Crippen LogP contribution in [0.5, 0.6) is 0 Å². The summed E-state index contributed by atoms with van der Waals surface area (Å²) in [7, 11) is 0. The van der Waals surface area contributed by atoms with E-state index in [9.17, 15) is 13.6 Å². The summed E-state index contributed by atoms with van der Waals surface area (Å²) in [4.78, 5) is 18.5. The minimum absolute atomic E-state index is 0.146. The molecule has 0 radical (unpaired) electrons. The van der Waals surface area contributed by atoms with E-state index in [1.165, 1.54) is 6.20 Å². The fourth-order valence-corrected chi connectivity index (χ4v) is 2.57. The predicted molar refractivity (Wildman–Crippen MR) is 86.6 cm³/mol. The third-order valence-electron chi connectivity index (χ3n) is 3.60. The van der Waals surface area contributed by atoms with Gasteiger partial charge in [0.15, 0.2) is 11.6 Å². The molecule has 0 atom stereocenters. The Morgan fingerprint density at radius 3 is 2.58 bits per heavy atom. The highest BCUT2D eigenvalue weighted by molar-refractivity contribution is 6.34. The van der Waals surface area contributed by atoms with E-state index in [0.717, 1.165) is 31.0 Å². The highest BCUT2D eigenvalue weighted by atomic mass is 35.5. The average Bonchev–Trinajstić information content (AvgIpc) is 2.59. The number of hydrogen-bond donors (Lipinski definition) is 1. The molecular weight excluding hydrogens is 340 g/mol. The lowest BCUT2D eigenvalue weighted by Gasteiger charge is -2.27. The summed E-state index contributed by atoms with van der Waals surface area (Å²) in [5.41, 5.74) is 0.283. The van der Waals surface area contributed by atoms with Crippen LogP contribution in [0, 0.1) is 11.6 Å². The molecule has 1 amide bonds. The second-order valence-corrected chi connectivity index (χ2v) is 5.61. The Morgan fingerprint density at radius 2 is 1.92 bits per heavy atom. The molecule has 2 heterocycles. The number of pyridine rings is 1. The second-order valence-electron chi connectivity index (χ2n) is 5.20. The number of anilines is 2. The molecule has 1 aromatic heterocycles. The Labute approximate surface area is 142 Å². The summed E-state index contributed by atoms with van der Waals surface area (Å²) in [6.45, 7) is 2.80. The molecule has 3 rings (SSSR count). The maximum absolute atomic E-state index is 13.3. The van der Waals surface area contributed by atoms with Gasteiger partial charge in [-0.3, -0.25) is 4.79 Å². The Bertz CT molecular complexity index is 750. The van der Waals surface area contributed by atoms with E-state index in [4.69, 9.17) is 16.3 Å². The minimum atomic E-state index is -1.13. The fraction of sp³-hybridized carbons (Fsp3) is 0.250. The number of aromatic nitrogens is 1. The smallest absolute Gasteiger partial charge is 0.257 e. The normalized spacial score (nSPS) is 14.5. The van der Waals surface area contributed by atoms with Crippen molar-refractivity contribution in [2.75, 3.05) is 36.5 Å². The van der Waals surface area contributed by atoms with Crippen molar-refractivity contribution < 1.29 is 18.3 Å². The Balaban J connectivity index is 1.71. The maximum atomic E-state index is 13.3. The van der Waals surface area contributed by atoms with Gasteiger partial charge in [-0.05, 0) is 24.3 Å². The van der Waals surface area contributed by atoms with E-state index in [0.29, 0.717) is 18.9 Å². The molecule has 1 saturated heterocycles. The number of hydrogen-bond acceptors (Lipinski definition) is 4. The van der Waals surface area contributed by atoms with Gasteiger partial charge in [-0.25, -0.2) is 13.8 Å². The van der Waals surface area contributed by atoms with E-state index >= 15 is 0 Å². The molecule has 5 nitrogen and oxygen atoms in total. The van der Waals surface area contributed by atoms with Crippen molar-refractivity contribution >= 4 is 29.0 Å². The third-order valence-corrected chi connectivity index (χ3v) is 3.91. The molecule has 24 heavy (non-hydrogen) atoms. The predicted octanol–water partition coefficient (Wildman–Crippen LogP) is 3.10. The van der Waals surface area contributed by atoms with Gasteiger partial charge < -0.3 is 15.0 Å². The van der Waals surface area contributed by atoms with Crippen molar-refractivity contribution in [1.82, 2.24) is 4.98 Å². The molecular formula is C16H14ClF2N3O2. The van der Waals surface area contributed by atoms with Crippen LogP contribution in [0.1, 0.15) is 10.4 Å². The van der Waals surface area contributed by atoms with Crippen molar-refractivity contribution in [3.05, 3.63) is 52.7 Å². The molecule has 0 aliphatic carbocycles. The molecule has 2 aromatic rings. The van der Waals surface area contributed by atoms with Crippen molar-refractivity contribution in [2.45, 2.75) is 0 Å². The lowest BCUT2D eigenvalue weighted by Crippen LogP contribution is -2.36. The zero-order chi connectivity index (χ0) is 17.1. The van der Waals surface area contributed by atoms with Crippen LogP contribution in [0.25, 0.3) is 0 Å². The molecule has 1 aromatic carbocycles. The Morgan fingerprint density at radius 1 is 1.21 bits per heavy atom. The van der Waals surface area contributed by atoms with Gasteiger partial charge in [0, 0.05) is 13.1 Å². The fourth-order valence-electron chi connectivity index (χ4n) is 2.33. The highest BCUT2D eigenvalue weighted by Gasteiger charge is 2.16. The first-order valence-electron chi connectivity index (χ1n) is 7.29. The molecule has 0 bridgehead atoms. The van der Waals surface area contributed by atoms with Crippen LogP contribution in [0.15, 0.2) is 30.5 Å². The van der Waals surface area contributed by atoms with Crippen LogP contribution >= 0.6 is 11.6 Å². The number of halogens is 3. The van der Waals surface area contributed by atoms with Gasteiger partial charge in [0.1, 0.15) is 5.82 Å². The van der Waals surface area contributed by atoms with E-state index in [1.807, 2.05) is 0 Å². The number of rotatable bonds is 3. The monoisotopic (exact) mass is 353 g/mol. The molecule has 126 valence electrons. The largest absolute Gasteiger partial charge is 0.378 e. The first kappa shape index (κ1) is 16.6. The summed E-state index contributed by atoms with van der Waals surface area (Å²) in [5, 5.41) is 2.39. The SMILES string of the molecule is O=C(Nc1ccc(N2CCOCC2)nc1)c1cc(F)c(F)cc1Cl. The lowest BCUT2D eigenvalue weighted by molar-refractivity contribution is 0.102. The third kappa shape index (κ3) is 3.63. The second kappa shape index (κ2) is 7.11. The molecule has 1 aliphatic rings. The molecule has 0 unspecified atom stereocenters. The van der Waals surface area contributed by atoms with Gasteiger partial charge in [0.25, 0.3) is 5.91 Å². The van der Waals surface area contributed by atoms with Crippen LogP contribution in [0.2, 0.25) is 5.02 Å². The summed E-state index contributed by atoms with van der Waals surface area (Å²) in [5.74, 6) is -2.10. The average molecular weight is 354 g/mol. The number of ether oxygens (including phenoxy) is 1. The molecule has 8 heteroatoms. The Kier molecular flexibility index (Phi) is 4.92. The standard InChI is InChI=1S/C16H14ClF2N3O2/c17-12-8-14(19)13(18)7-11(12)16(23)21-10-1-2-15(20-9-10)22-3-5-24-6-4-22/h1-2,7-9H,3-6H2,(H,21,23). The highest BCUT2D eigenvalue weighted by Crippen LogP contribution is 2.22. The first-order valence-corrected chi connectivity index (χ1v) is 7.67. The van der Waals surface area contributed by atoms with Gasteiger partial charge in [0.2, 0.25) is 0 Å². The number of nitrogens with one attached hydrogen (secondary N) is 1. The molecule has 1 fully saturated rings. The van der Waals surface area contributed by atoms with Crippen LogP contribution in [0.4, 0.5) is 20.3 Å².